The van der Waals surface area contributed by atoms with Gasteiger partial charge in [-0.05, 0) is 38.1 Å². The van der Waals surface area contributed by atoms with E-state index >= 15 is 0 Å². The second kappa shape index (κ2) is 6.03. The molecule has 96 valence electrons. The van der Waals surface area contributed by atoms with E-state index in [1.54, 1.807) is 0 Å². The molecule has 1 saturated heterocycles. The van der Waals surface area contributed by atoms with Gasteiger partial charge in [-0.3, -0.25) is 4.98 Å². The SMILES string of the molecule is Cl.c1ccc2c(NC3CCNCC3)ccnc2c1. The lowest BCUT2D eigenvalue weighted by Gasteiger charge is -2.25. The minimum absolute atomic E-state index is 0. The summed E-state index contributed by atoms with van der Waals surface area (Å²) in [5.41, 5.74) is 2.27. The van der Waals surface area contributed by atoms with Crippen LogP contribution in [0.25, 0.3) is 10.9 Å². The molecule has 0 saturated carbocycles. The van der Waals surface area contributed by atoms with Gasteiger partial charge in [-0.25, -0.2) is 0 Å². The molecule has 0 unspecified atom stereocenters. The number of pyridine rings is 1. The summed E-state index contributed by atoms with van der Waals surface area (Å²) in [6, 6.07) is 10.9. The van der Waals surface area contributed by atoms with Crippen LogP contribution in [0.4, 0.5) is 5.69 Å². The zero-order valence-corrected chi connectivity index (χ0v) is 11.0. The summed E-state index contributed by atoms with van der Waals surface area (Å²) in [6.07, 6.45) is 4.26. The van der Waals surface area contributed by atoms with Gasteiger partial charge >= 0.3 is 0 Å². The van der Waals surface area contributed by atoms with Crippen molar-refractivity contribution >= 4 is 29.0 Å². The second-order valence-corrected chi connectivity index (χ2v) is 4.54. The van der Waals surface area contributed by atoms with E-state index in [1.165, 1.54) is 23.9 Å². The number of aromatic nitrogens is 1. The first-order chi connectivity index (χ1) is 8.43. The average molecular weight is 264 g/mol. The number of piperidine rings is 1. The molecule has 1 aromatic carbocycles. The predicted octanol–water partition coefficient (Wildman–Crippen LogP) is 2.82. The molecule has 2 heterocycles. The molecule has 0 amide bonds. The van der Waals surface area contributed by atoms with Crippen LogP contribution in [0.2, 0.25) is 0 Å². The van der Waals surface area contributed by atoms with E-state index in [4.69, 9.17) is 0 Å². The number of hydrogen-bond acceptors (Lipinski definition) is 3. The van der Waals surface area contributed by atoms with Gasteiger partial charge in [0.05, 0.1) is 5.52 Å². The normalized spacial score (nSPS) is 16.2. The number of para-hydroxylation sites is 1. The van der Waals surface area contributed by atoms with Crippen molar-refractivity contribution in [1.29, 1.82) is 0 Å². The van der Waals surface area contributed by atoms with Gasteiger partial charge in [0.2, 0.25) is 0 Å². The summed E-state index contributed by atoms with van der Waals surface area (Å²) in [7, 11) is 0. The maximum atomic E-state index is 4.38. The van der Waals surface area contributed by atoms with Gasteiger partial charge in [-0.15, -0.1) is 12.4 Å². The molecule has 2 aromatic rings. The van der Waals surface area contributed by atoms with Crippen molar-refractivity contribution in [2.24, 2.45) is 0 Å². The van der Waals surface area contributed by atoms with Crippen molar-refractivity contribution in [3.8, 4) is 0 Å². The summed E-state index contributed by atoms with van der Waals surface area (Å²) in [5.74, 6) is 0. The number of benzene rings is 1. The Morgan fingerprint density at radius 2 is 1.89 bits per heavy atom. The third-order valence-corrected chi connectivity index (χ3v) is 3.35. The third kappa shape index (κ3) is 2.74. The molecular formula is C14H18ClN3. The zero-order valence-electron chi connectivity index (χ0n) is 10.2. The Hall–Kier alpha value is -1.32. The first-order valence-corrected chi connectivity index (χ1v) is 6.24. The highest BCUT2D eigenvalue weighted by molar-refractivity contribution is 5.90. The maximum Gasteiger partial charge on any atom is 0.0722 e. The number of fused-ring (bicyclic) bond motifs is 1. The van der Waals surface area contributed by atoms with Gasteiger partial charge in [0, 0.05) is 23.3 Å². The van der Waals surface area contributed by atoms with Gasteiger partial charge in [-0.1, -0.05) is 18.2 Å². The summed E-state index contributed by atoms with van der Waals surface area (Å²) < 4.78 is 0. The van der Waals surface area contributed by atoms with Gasteiger partial charge in [0.25, 0.3) is 0 Å². The summed E-state index contributed by atoms with van der Waals surface area (Å²) in [4.78, 5) is 4.38. The minimum Gasteiger partial charge on any atom is -0.382 e. The molecule has 1 fully saturated rings. The zero-order chi connectivity index (χ0) is 11.5. The Balaban J connectivity index is 0.00000120. The Bertz CT molecular complexity index is 504. The van der Waals surface area contributed by atoms with Crippen LogP contribution < -0.4 is 10.6 Å². The highest BCUT2D eigenvalue weighted by Crippen LogP contribution is 2.23. The van der Waals surface area contributed by atoms with Gasteiger partial charge in [-0.2, -0.15) is 0 Å². The van der Waals surface area contributed by atoms with Crippen LogP contribution in [0.15, 0.2) is 36.5 Å². The monoisotopic (exact) mass is 263 g/mol. The molecule has 3 nitrogen and oxygen atoms in total. The quantitative estimate of drug-likeness (QED) is 0.875. The van der Waals surface area contributed by atoms with Crippen LogP contribution in [0.3, 0.4) is 0 Å². The van der Waals surface area contributed by atoms with E-state index in [9.17, 15) is 0 Å². The third-order valence-electron chi connectivity index (χ3n) is 3.35. The van der Waals surface area contributed by atoms with E-state index in [1.807, 2.05) is 12.3 Å². The predicted molar refractivity (Wildman–Crippen MR) is 78.5 cm³/mol. The van der Waals surface area contributed by atoms with Crippen LogP contribution in [0.5, 0.6) is 0 Å². The highest BCUT2D eigenvalue weighted by atomic mass is 35.5. The molecule has 1 aromatic heterocycles. The van der Waals surface area contributed by atoms with Crippen LogP contribution in [0, 0.1) is 0 Å². The molecule has 4 heteroatoms. The number of anilines is 1. The van der Waals surface area contributed by atoms with Crippen LogP contribution in [-0.4, -0.2) is 24.1 Å². The van der Waals surface area contributed by atoms with E-state index in [0.29, 0.717) is 6.04 Å². The largest absolute Gasteiger partial charge is 0.382 e. The molecule has 0 atom stereocenters. The van der Waals surface area contributed by atoms with Crippen molar-refractivity contribution < 1.29 is 0 Å². The van der Waals surface area contributed by atoms with Crippen molar-refractivity contribution in [2.75, 3.05) is 18.4 Å². The molecule has 1 aliphatic heterocycles. The number of halogens is 1. The topological polar surface area (TPSA) is 37.0 Å². The van der Waals surface area contributed by atoms with Gasteiger partial charge in [0.1, 0.15) is 0 Å². The van der Waals surface area contributed by atoms with Crippen molar-refractivity contribution in [2.45, 2.75) is 18.9 Å². The van der Waals surface area contributed by atoms with E-state index in [-0.39, 0.29) is 12.4 Å². The highest BCUT2D eigenvalue weighted by Gasteiger charge is 2.13. The molecule has 1 aliphatic rings. The Kier molecular flexibility index (Phi) is 4.39. The Labute approximate surface area is 113 Å². The average Bonchev–Trinajstić information content (AvgIpc) is 2.40. The molecule has 0 bridgehead atoms. The van der Waals surface area contributed by atoms with Crippen molar-refractivity contribution in [1.82, 2.24) is 10.3 Å². The van der Waals surface area contributed by atoms with E-state index < -0.39 is 0 Å². The molecule has 0 radical (unpaired) electrons. The van der Waals surface area contributed by atoms with E-state index in [2.05, 4.69) is 39.9 Å². The fourth-order valence-electron chi connectivity index (χ4n) is 2.41. The van der Waals surface area contributed by atoms with Crippen LogP contribution in [-0.2, 0) is 0 Å². The lowest BCUT2D eigenvalue weighted by atomic mass is 10.1. The molecular weight excluding hydrogens is 246 g/mol. The Morgan fingerprint density at radius 3 is 2.72 bits per heavy atom. The number of nitrogens with one attached hydrogen (secondary N) is 2. The lowest BCUT2D eigenvalue weighted by Crippen LogP contribution is -2.35. The second-order valence-electron chi connectivity index (χ2n) is 4.54. The van der Waals surface area contributed by atoms with Crippen LogP contribution >= 0.6 is 12.4 Å². The standard InChI is InChI=1S/C14H17N3.ClH/c1-2-4-13-12(3-1)14(7-10-16-13)17-11-5-8-15-9-6-11;/h1-4,7,10-11,15H,5-6,8-9H2,(H,16,17);1H. The van der Waals surface area contributed by atoms with Gasteiger partial charge < -0.3 is 10.6 Å². The van der Waals surface area contributed by atoms with Crippen molar-refractivity contribution in [3.05, 3.63) is 36.5 Å². The first-order valence-electron chi connectivity index (χ1n) is 6.24. The molecule has 18 heavy (non-hydrogen) atoms. The number of rotatable bonds is 2. The first kappa shape index (κ1) is 13.1. The summed E-state index contributed by atoms with van der Waals surface area (Å²) in [5, 5.41) is 8.25. The van der Waals surface area contributed by atoms with Crippen LogP contribution in [0.1, 0.15) is 12.8 Å². The molecule has 2 N–H and O–H groups in total. The lowest BCUT2D eigenvalue weighted by molar-refractivity contribution is 0.479. The fourth-order valence-corrected chi connectivity index (χ4v) is 2.41. The number of nitrogens with zero attached hydrogens (tertiary/aromatic N) is 1. The summed E-state index contributed by atoms with van der Waals surface area (Å²) >= 11 is 0. The van der Waals surface area contributed by atoms with E-state index in [0.717, 1.165) is 18.6 Å². The molecule has 3 rings (SSSR count). The van der Waals surface area contributed by atoms with Crippen molar-refractivity contribution in [3.63, 3.8) is 0 Å². The maximum absolute atomic E-state index is 4.38. The fraction of sp³-hybridized carbons (Fsp3) is 0.357. The molecule has 0 aliphatic carbocycles. The van der Waals surface area contributed by atoms with Gasteiger partial charge in [0.15, 0.2) is 0 Å². The Morgan fingerprint density at radius 1 is 1.11 bits per heavy atom. The molecule has 0 spiro atoms. The summed E-state index contributed by atoms with van der Waals surface area (Å²) in [6.45, 7) is 2.22. The minimum atomic E-state index is 0. The number of hydrogen-bond donors (Lipinski definition) is 2. The smallest absolute Gasteiger partial charge is 0.0722 e.